The van der Waals surface area contributed by atoms with E-state index in [1.165, 1.54) is 55.9 Å². The van der Waals surface area contributed by atoms with Crippen LogP contribution in [0.5, 0.6) is 0 Å². The number of esters is 1. The minimum absolute atomic E-state index is 0.0425. The van der Waals surface area contributed by atoms with Crippen LogP contribution >= 0.6 is 0 Å². The molecule has 11 heteroatoms. The number of ether oxygens (including phenoxy) is 1. The van der Waals surface area contributed by atoms with E-state index in [0.29, 0.717) is 0 Å². The highest BCUT2D eigenvalue weighted by atomic mass is 32.2. The summed E-state index contributed by atoms with van der Waals surface area (Å²) < 4.78 is 48.5. The maximum absolute atomic E-state index is 13.3. The first-order valence-electron chi connectivity index (χ1n) is 9.32. The molecule has 1 N–H and O–H groups in total. The van der Waals surface area contributed by atoms with E-state index in [2.05, 4.69) is 4.72 Å². The van der Waals surface area contributed by atoms with Gasteiger partial charge in [-0.05, 0) is 42.8 Å². The van der Waals surface area contributed by atoms with Gasteiger partial charge in [0.2, 0.25) is 0 Å². The van der Waals surface area contributed by atoms with E-state index in [1.807, 2.05) is 0 Å². The maximum atomic E-state index is 13.3. The molecule has 0 aliphatic rings. The number of carbonyl (C=O) groups is 1. The Morgan fingerprint density at radius 2 is 1.75 bits per heavy atom. The summed E-state index contributed by atoms with van der Waals surface area (Å²) in [7, 11) is -1.37. The SMILES string of the molecule is Cc1cc(F)ccc1S(=O)(=O)Nc1ccccc1C(=O)OCc1cc(=O)n(C)c(=O)n1C. The topological polar surface area (TPSA) is 116 Å². The second-order valence-corrected chi connectivity index (χ2v) is 8.66. The number of benzene rings is 2. The number of aromatic nitrogens is 2. The van der Waals surface area contributed by atoms with Gasteiger partial charge in [-0.15, -0.1) is 0 Å². The van der Waals surface area contributed by atoms with Crippen LogP contribution in [0.15, 0.2) is 63.0 Å². The first-order valence-corrected chi connectivity index (χ1v) is 10.8. The van der Waals surface area contributed by atoms with Crippen LogP contribution < -0.4 is 16.0 Å². The molecule has 3 rings (SSSR count). The van der Waals surface area contributed by atoms with E-state index in [1.54, 1.807) is 0 Å². The minimum atomic E-state index is -4.12. The monoisotopic (exact) mass is 461 g/mol. The second kappa shape index (κ2) is 8.79. The Kier molecular flexibility index (Phi) is 6.30. The van der Waals surface area contributed by atoms with Crippen LogP contribution in [0.25, 0.3) is 0 Å². The molecule has 0 atom stereocenters. The Bertz CT molecular complexity index is 1430. The number of carbonyl (C=O) groups excluding carboxylic acids is 1. The van der Waals surface area contributed by atoms with Gasteiger partial charge >= 0.3 is 11.7 Å². The maximum Gasteiger partial charge on any atom is 0.340 e. The van der Waals surface area contributed by atoms with E-state index in [4.69, 9.17) is 4.74 Å². The molecule has 0 saturated carbocycles. The van der Waals surface area contributed by atoms with Gasteiger partial charge in [-0.3, -0.25) is 18.7 Å². The van der Waals surface area contributed by atoms with Crippen molar-refractivity contribution in [1.29, 1.82) is 0 Å². The Hall–Kier alpha value is -3.73. The van der Waals surface area contributed by atoms with Crippen LogP contribution in [0.4, 0.5) is 10.1 Å². The van der Waals surface area contributed by atoms with E-state index in [-0.39, 0.29) is 34.0 Å². The first-order chi connectivity index (χ1) is 15.0. The van der Waals surface area contributed by atoms with Crippen molar-refractivity contribution in [1.82, 2.24) is 9.13 Å². The number of para-hydroxylation sites is 1. The van der Waals surface area contributed by atoms with Crippen LogP contribution in [0.3, 0.4) is 0 Å². The fraction of sp³-hybridized carbons (Fsp3) is 0.190. The smallest absolute Gasteiger partial charge is 0.340 e. The Balaban J connectivity index is 1.86. The number of sulfonamides is 1. The van der Waals surface area contributed by atoms with Crippen molar-refractivity contribution < 1.29 is 22.3 Å². The molecule has 0 bridgehead atoms. The normalized spacial score (nSPS) is 11.2. The molecule has 9 nitrogen and oxygen atoms in total. The third-order valence-electron chi connectivity index (χ3n) is 4.79. The quantitative estimate of drug-likeness (QED) is 0.559. The summed E-state index contributed by atoms with van der Waals surface area (Å²) in [5.74, 6) is -1.44. The van der Waals surface area contributed by atoms with Gasteiger partial charge in [-0.1, -0.05) is 12.1 Å². The van der Waals surface area contributed by atoms with Crippen molar-refractivity contribution in [2.24, 2.45) is 14.1 Å². The Morgan fingerprint density at radius 3 is 2.44 bits per heavy atom. The van der Waals surface area contributed by atoms with Gasteiger partial charge in [-0.25, -0.2) is 22.4 Å². The number of halogens is 1. The molecular weight excluding hydrogens is 441 g/mol. The van der Waals surface area contributed by atoms with Gasteiger partial charge in [0.15, 0.2) is 0 Å². The van der Waals surface area contributed by atoms with Gasteiger partial charge < -0.3 is 4.74 Å². The van der Waals surface area contributed by atoms with Gasteiger partial charge in [0.1, 0.15) is 12.4 Å². The molecule has 2 aromatic carbocycles. The summed E-state index contributed by atoms with van der Waals surface area (Å²) in [6, 6.07) is 10.2. The molecule has 0 unspecified atom stereocenters. The van der Waals surface area contributed by atoms with E-state index >= 15 is 0 Å². The second-order valence-electron chi connectivity index (χ2n) is 7.01. The molecule has 0 radical (unpaired) electrons. The fourth-order valence-corrected chi connectivity index (χ4v) is 4.31. The summed E-state index contributed by atoms with van der Waals surface area (Å²) in [6.07, 6.45) is 0. The number of anilines is 1. The summed E-state index contributed by atoms with van der Waals surface area (Å²) in [4.78, 5) is 36.3. The van der Waals surface area contributed by atoms with E-state index in [0.717, 1.165) is 22.8 Å². The lowest BCUT2D eigenvalue weighted by Gasteiger charge is -2.14. The zero-order chi connectivity index (χ0) is 23.6. The predicted octanol–water partition coefficient (Wildman–Crippen LogP) is 1.69. The lowest BCUT2D eigenvalue weighted by atomic mass is 10.2. The van der Waals surface area contributed by atoms with Crippen LogP contribution in [-0.4, -0.2) is 23.5 Å². The number of nitrogens with zero attached hydrogens (tertiary/aromatic N) is 2. The average molecular weight is 461 g/mol. The van der Waals surface area contributed by atoms with Crippen LogP contribution in [0.1, 0.15) is 21.6 Å². The highest BCUT2D eigenvalue weighted by Gasteiger charge is 2.21. The fourth-order valence-electron chi connectivity index (χ4n) is 3.00. The summed E-state index contributed by atoms with van der Waals surface area (Å²) in [5.41, 5.74) is -0.882. The van der Waals surface area contributed by atoms with Gasteiger partial charge in [0, 0.05) is 20.2 Å². The van der Waals surface area contributed by atoms with E-state index < -0.39 is 33.1 Å². The van der Waals surface area contributed by atoms with Crippen molar-refractivity contribution in [3.8, 4) is 0 Å². The molecule has 32 heavy (non-hydrogen) atoms. The number of rotatable bonds is 6. The molecule has 3 aromatic rings. The zero-order valence-corrected chi connectivity index (χ0v) is 18.3. The predicted molar refractivity (Wildman–Crippen MR) is 114 cm³/mol. The highest BCUT2D eigenvalue weighted by molar-refractivity contribution is 7.92. The molecule has 0 saturated heterocycles. The largest absolute Gasteiger partial charge is 0.456 e. The molecular formula is C21H20FN3O6S. The summed E-state index contributed by atoms with van der Waals surface area (Å²) >= 11 is 0. The van der Waals surface area contributed by atoms with Crippen LogP contribution in [0, 0.1) is 12.7 Å². The van der Waals surface area contributed by atoms with Crippen molar-refractivity contribution in [3.05, 3.63) is 92.0 Å². The average Bonchev–Trinajstić information content (AvgIpc) is 2.73. The number of nitrogens with one attached hydrogen (secondary N) is 1. The molecule has 0 aliphatic carbocycles. The number of hydrogen-bond acceptors (Lipinski definition) is 6. The van der Waals surface area contributed by atoms with Gasteiger partial charge in [0.25, 0.3) is 15.6 Å². The third-order valence-corrected chi connectivity index (χ3v) is 6.32. The van der Waals surface area contributed by atoms with Gasteiger partial charge in [0.05, 0.1) is 21.8 Å². The number of hydrogen-bond donors (Lipinski definition) is 1. The molecule has 0 spiro atoms. The lowest BCUT2D eigenvalue weighted by Crippen LogP contribution is -2.38. The minimum Gasteiger partial charge on any atom is -0.456 e. The summed E-state index contributed by atoms with van der Waals surface area (Å²) in [6.45, 7) is 1.07. The number of aryl methyl sites for hydroxylation is 1. The van der Waals surface area contributed by atoms with Gasteiger partial charge in [-0.2, -0.15) is 0 Å². The molecule has 0 amide bonds. The van der Waals surface area contributed by atoms with Crippen LogP contribution in [-0.2, 0) is 35.5 Å². The standard InChI is InChI=1S/C21H20FN3O6S/c1-13-10-14(22)8-9-18(13)32(29,30)23-17-7-5-4-6-16(17)20(27)31-12-15-11-19(26)25(3)21(28)24(15)2/h4-11,23H,12H2,1-3H3. The molecule has 0 aliphatic heterocycles. The van der Waals surface area contributed by atoms with Crippen molar-refractivity contribution >= 4 is 21.7 Å². The Labute approximate surface area is 182 Å². The van der Waals surface area contributed by atoms with Crippen molar-refractivity contribution in [2.75, 3.05) is 4.72 Å². The zero-order valence-electron chi connectivity index (χ0n) is 17.5. The third kappa shape index (κ3) is 4.62. The first kappa shape index (κ1) is 22.9. The van der Waals surface area contributed by atoms with Crippen LogP contribution in [0.2, 0.25) is 0 Å². The lowest BCUT2D eigenvalue weighted by molar-refractivity contribution is 0.0464. The van der Waals surface area contributed by atoms with Crippen molar-refractivity contribution in [3.63, 3.8) is 0 Å². The van der Waals surface area contributed by atoms with Crippen molar-refractivity contribution in [2.45, 2.75) is 18.4 Å². The molecule has 168 valence electrons. The van der Waals surface area contributed by atoms with E-state index in [9.17, 15) is 27.2 Å². The summed E-state index contributed by atoms with van der Waals surface area (Å²) in [5, 5.41) is 0. The molecule has 0 fully saturated rings. The molecule has 1 heterocycles. The highest BCUT2D eigenvalue weighted by Crippen LogP contribution is 2.23. The Morgan fingerprint density at radius 1 is 1.06 bits per heavy atom. The molecule has 1 aromatic heterocycles.